The smallest absolute Gasteiger partial charge is 0.243 e. The Kier molecular flexibility index (Phi) is 8.69. The summed E-state index contributed by atoms with van der Waals surface area (Å²) < 4.78 is 5.59. The minimum Gasteiger partial charge on any atom is -0.494 e. The van der Waals surface area contributed by atoms with Crippen LogP contribution in [-0.2, 0) is 16.0 Å². The highest BCUT2D eigenvalue weighted by atomic mass is 16.5. The molecule has 0 saturated carbocycles. The molecule has 0 saturated heterocycles. The molecule has 0 heterocycles. The van der Waals surface area contributed by atoms with Crippen molar-refractivity contribution in [1.82, 2.24) is 0 Å². The first-order valence-electron chi connectivity index (χ1n) is 10.8. The zero-order valence-electron chi connectivity index (χ0n) is 18.3. The SMILES string of the molecule is CCCOc1cccc(NC(=O)CNc2ccc(NC(=O)CCc3ccccc3)cc2)c1. The number of benzene rings is 3. The van der Waals surface area contributed by atoms with Crippen LogP contribution in [0, 0.1) is 0 Å². The van der Waals surface area contributed by atoms with Gasteiger partial charge in [-0.15, -0.1) is 0 Å². The van der Waals surface area contributed by atoms with Gasteiger partial charge in [-0.05, 0) is 54.8 Å². The van der Waals surface area contributed by atoms with E-state index in [9.17, 15) is 9.59 Å². The second-order valence-corrected chi connectivity index (χ2v) is 7.39. The number of hydrogen-bond donors (Lipinski definition) is 3. The van der Waals surface area contributed by atoms with Crippen LogP contribution in [-0.4, -0.2) is 25.0 Å². The number of nitrogens with one attached hydrogen (secondary N) is 3. The van der Waals surface area contributed by atoms with Crippen molar-refractivity contribution in [3.63, 3.8) is 0 Å². The summed E-state index contributed by atoms with van der Waals surface area (Å²) in [7, 11) is 0. The largest absolute Gasteiger partial charge is 0.494 e. The van der Waals surface area contributed by atoms with Crippen molar-refractivity contribution in [2.24, 2.45) is 0 Å². The number of ether oxygens (including phenoxy) is 1. The maximum atomic E-state index is 12.2. The first-order chi connectivity index (χ1) is 15.6. The van der Waals surface area contributed by atoms with Gasteiger partial charge in [-0.2, -0.15) is 0 Å². The Morgan fingerprint density at radius 2 is 1.50 bits per heavy atom. The number of aryl methyl sites for hydroxylation is 1. The van der Waals surface area contributed by atoms with E-state index >= 15 is 0 Å². The maximum absolute atomic E-state index is 12.2. The van der Waals surface area contributed by atoms with E-state index in [1.165, 1.54) is 0 Å². The fourth-order valence-electron chi connectivity index (χ4n) is 3.07. The maximum Gasteiger partial charge on any atom is 0.243 e. The number of carbonyl (C=O) groups is 2. The van der Waals surface area contributed by atoms with E-state index in [0.29, 0.717) is 25.1 Å². The fourth-order valence-corrected chi connectivity index (χ4v) is 3.07. The first-order valence-corrected chi connectivity index (χ1v) is 10.8. The normalized spacial score (nSPS) is 10.3. The highest BCUT2D eigenvalue weighted by Gasteiger charge is 2.06. The Labute approximate surface area is 189 Å². The topological polar surface area (TPSA) is 79.5 Å². The third-order valence-electron chi connectivity index (χ3n) is 4.70. The van der Waals surface area contributed by atoms with Crippen LogP contribution in [0.4, 0.5) is 17.1 Å². The van der Waals surface area contributed by atoms with Crippen molar-refractivity contribution < 1.29 is 14.3 Å². The molecule has 3 aromatic rings. The summed E-state index contributed by atoms with van der Waals surface area (Å²) in [5.74, 6) is 0.550. The standard InChI is InChI=1S/C26H29N3O3/c1-2-17-32-24-10-6-9-23(18-24)29-26(31)19-27-21-12-14-22(15-13-21)28-25(30)16-11-20-7-4-3-5-8-20/h3-10,12-15,18,27H,2,11,16-17,19H2,1H3,(H,28,30)(H,29,31). The van der Waals surface area contributed by atoms with Crippen molar-refractivity contribution in [3.05, 3.63) is 84.4 Å². The van der Waals surface area contributed by atoms with Gasteiger partial charge in [-0.1, -0.05) is 43.3 Å². The molecule has 3 rings (SSSR count). The van der Waals surface area contributed by atoms with Crippen LogP contribution in [0.15, 0.2) is 78.9 Å². The fraction of sp³-hybridized carbons (Fsp3) is 0.231. The first kappa shape index (κ1) is 22.9. The van der Waals surface area contributed by atoms with Gasteiger partial charge in [0.05, 0.1) is 13.2 Å². The molecule has 0 radical (unpaired) electrons. The summed E-state index contributed by atoms with van der Waals surface area (Å²) in [6.45, 7) is 2.81. The molecule has 3 aromatic carbocycles. The van der Waals surface area contributed by atoms with Crippen LogP contribution in [0.2, 0.25) is 0 Å². The number of hydrogen-bond acceptors (Lipinski definition) is 4. The molecule has 0 aliphatic rings. The van der Waals surface area contributed by atoms with E-state index < -0.39 is 0 Å². The summed E-state index contributed by atoms with van der Waals surface area (Å²) in [4.78, 5) is 24.4. The van der Waals surface area contributed by atoms with Crippen LogP contribution >= 0.6 is 0 Å². The van der Waals surface area contributed by atoms with Gasteiger partial charge < -0.3 is 20.7 Å². The third-order valence-corrected chi connectivity index (χ3v) is 4.70. The van der Waals surface area contributed by atoms with Gasteiger partial charge in [-0.3, -0.25) is 9.59 Å². The molecular formula is C26H29N3O3. The molecule has 3 N–H and O–H groups in total. The molecule has 166 valence electrons. The van der Waals surface area contributed by atoms with E-state index in [1.54, 1.807) is 0 Å². The van der Waals surface area contributed by atoms with Crippen molar-refractivity contribution in [3.8, 4) is 5.75 Å². The van der Waals surface area contributed by atoms with Gasteiger partial charge in [0.2, 0.25) is 11.8 Å². The van der Waals surface area contributed by atoms with Gasteiger partial charge in [0.15, 0.2) is 0 Å². The van der Waals surface area contributed by atoms with Gasteiger partial charge in [0.25, 0.3) is 0 Å². The van der Waals surface area contributed by atoms with E-state index in [-0.39, 0.29) is 18.4 Å². The van der Waals surface area contributed by atoms with Crippen LogP contribution in [0.25, 0.3) is 0 Å². The predicted molar refractivity (Wildman–Crippen MR) is 129 cm³/mol. The molecular weight excluding hydrogens is 402 g/mol. The lowest BCUT2D eigenvalue weighted by Gasteiger charge is -2.10. The second-order valence-electron chi connectivity index (χ2n) is 7.39. The van der Waals surface area contributed by atoms with Crippen LogP contribution in [0.1, 0.15) is 25.3 Å². The molecule has 0 aromatic heterocycles. The Morgan fingerprint density at radius 1 is 0.781 bits per heavy atom. The van der Waals surface area contributed by atoms with E-state index in [1.807, 2.05) is 85.8 Å². The van der Waals surface area contributed by atoms with E-state index in [2.05, 4.69) is 16.0 Å². The number of rotatable bonds is 11. The highest BCUT2D eigenvalue weighted by Crippen LogP contribution is 2.18. The molecule has 0 unspecified atom stereocenters. The Morgan fingerprint density at radius 3 is 2.25 bits per heavy atom. The molecule has 2 amide bonds. The lowest BCUT2D eigenvalue weighted by Crippen LogP contribution is -2.21. The van der Waals surface area contributed by atoms with Gasteiger partial charge in [-0.25, -0.2) is 0 Å². The van der Waals surface area contributed by atoms with Crippen molar-refractivity contribution >= 4 is 28.9 Å². The van der Waals surface area contributed by atoms with Crippen LogP contribution < -0.4 is 20.7 Å². The Hall–Kier alpha value is -3.80. The van der Waals surface area contributed by atoms with Gasteiger partial charge in [0, 0.05) is 29.5 Å². The monoisotopic (exact) mass is 431 g/mol. The van der Waals surface area contributed by atoms with Gasteiger partial charge >= 0.3 is 0 Å². The summed E-state index contributed by atoms with van der Waals surface area (Å²) in [6, 6.07) is 24.6. The molecule has 0 atom stereocenters. The molecule has 0 aliphatic carbocycles. The Balaban J connectivity index is 1.41. The average Bonchev–Trinajstić information content (AvgIpc) is 2.82. The summed E-state index contributed by atoms with van der Waals surface area (Å²) in [5, 5.41) is 8.84. The number of amides is 2. The zero-order chi connectivity index (χ0) is 22.6. The molecule has 0 spiro atoms. The minimum absolute atomic E-state index is 0.0286. The molecule has 0 aliphatic heterocycles. The highest BCUT2D eigenvalue weighted by molar-refractivity contribution is 5.94. The van der Waals surface area contributed by atoms with Gasteiger partial charge in [0.1, 0.15) is 5.75 Å². The third kappa shape index (κ3) is 7.80. The van der Waals surface area contributed by atoms with Crippen molar-refractivity contribution in [1.29, 1.82) is 0 Å². The quantitative estimate of drug-likeness (QED) is 0.395. The Bertz CT molecular complexity index is 1000. The predicted octanol–water partition coefficient (Wildman–Crippen LogP) is 5.10. The van der Waals surface area contributed by atoms with Crippen LogP contribution in [0.5, 0.6) is 5.75 Å². The molecule has 32 heavy (non-hydrogen) atoms. The average molecular weight is 432 g/mol. The van der Waals surface area contributed by atoms with Crippen molar-refractivity contribution in [2.45, 2.75) is 26.2 Å². The second kappa shape index (κ2) is 12.2. The molecule has 6 heteroatoms. The molecule has 6 nitrogen and oxygen atoms in total. The zero-order valence-corrected chi connectivity index (χ0v) is 18.3. The molecule has 0 fully saturated rings. The summed E-state index contributed by atoms with van der Waals surface area (Å²) in [6.07, 6.45) is 2.06. The van der Waals surface area contributed by atoms with E-state index in [0.717, 1.165) is 29.1 Å². The van der Waals surface area contributed by atoms with Crippen LogP contribution in [0.3, 0.4) is 0 Å². The van der Waals surface area contributed by atoms with Crippen molar-refractivity contribution in [2.75, 3.05) is 29.1 Å². The summed E-state index contributed by atoms with van der Waals surface area (Å²) >= 11 is 0. The van der Waals surface area contributed by atoms with E-state index in [4.69, 9.17) is 4.74 Å². The number of carbonyl (C=O) groups excluding carboxylic acids is 2. The number of anilines is 3. The lowest BCUT2D eigenvalue weighted by molar-refractivity contribution is -0.116. The lowest BCUT2D eigenvalue weighted by atomic mass is 10.1. The summed E-state index contributed by atoms with van der Waals surface area (Å²) in [5.41, 5.74) is 3.35. The molecule has 0 bridgehead atoms. The minimum atomic E-state index is -0.157.